The Hall–Kier alpha value is -0.810. The highest BCUT2D eigenvalue weighted by molar-refractivity contribution is 5.64. The highest BCUT2D eigenvalue weighted by Gasteiger charge is 2.42. The highest BCUT2D eigenvalue weighted by atomic mass is 16.8. The lowest BCUT2D eigenvalue weighted by Gasteiger charge is -2.31. The fourth-order valence-corrected chi connectivity index (χ4v) is 2.23. The van der Waals surface area contributed by atoms with Gasteiger partial charge in [-0.2, -0.15) is 0 Å². The van der Waals surface area contributed by atoms with Crippen molar-refractivity contribution in [2.45, 2.75) is 44.0 Å². The molecule has 2 rings (SSSR count). The molecule has 1 spiro atoms. The summed E-state index contributed by atoms with van der Waals surface area (Å²) in [7, 11) is 0. The predicted molar refractivity (Wildman–Crippen MR) is 52.2 cm³/mol. The van der Waals surface area contributed by atoms with Gasteiger partial charge in [-0.3, -0.25) is 0 Å². The number of rotatable bonds is 2. The lowest BCUT2D eigenvalue weighted by atomic mass is 9.94. The number of nitrogens with two attached hydrogens (primary N) is 1. The molecule has 1 aliphatic carbocycles. The Morgan fingerprint density at radius 2 is 2.13 bits per heavy atom. The van der Waals surface area contributed by atoms with E-state index in [4.69, 9.17) is 19.9 Å². The number of carbonyl (C=O) groups excluding carboxylic acids is 1. The van der Waals surface area contributed by atoms with Crippen LogP contribution in [-0.4, -0.2) is 31.2 Å². The van der Waals surface area contributed by atoms with Gasteiger partial charge in [0.15, 0.2) is 5.79 Å². The van der Waals surface area contributed by atoms with Gasteiger partial charge in [-0.15, -0.1) is 0 Å². The summed E-state index contributed by atoms with van der Waals surface area (Å²) in [6.07, 6.45) is 4.50. The Morgan fingerprint density at radius 3 is 2.80 bits per heavy atom. The summed E-state index contributed by atoms with van der Waals surface area (Å²) < 4.78 is 16.2. The molecule has 1 heterocycles. The Balaban J connectivity index is 1.80. The van der Waals surface area contributed by atoms with E-state index in [1.807, 2.05) is 0 Å². The van der Waals surface area contributed by atoms with E-state index in [1.54, 1.807) is 0 Å². The van der Waals surface area contributed by atoms with Gasteiger partial charge in [-0.1, -0.05) is 6.42 Å². The molecule has 1 saturated heterocycles. The molecule has 0 bridgehead atoms. The van der Waals surface area contributed by atoms with Gasteiger partial charge in [0.1, 0.15) is 12.7 Å². The predicted octanol–water partition coefficient (Wildman–Crippen LogP) is 1.16. The normalized spacial score (nSPS) is 29.2. The zero-order valence-corrected chi connectivity index (χ0v) is 8.74. The molecule has 2 fully saturated rings. The van der Waals surface area contributed by atoms with Crippen LogP contribution in [-0.2, 0) is 14.2 Å². The summed E-state index contributed by atoms with van der Waals surface area (Å²) in [5.41, 5.74) is 4.88. The number of hydrogen-bond acceptors (Lipinski definition) is 4. The molecule has 5 nitrogen and oxygen atoms in total. The number of amides is 1. The van der Waals surface area contributed by atoms with Crippen molar-refractivity contribution < 1.29 is 19.0 Å². The van der Waals surface area contributed by atoms with E-state index in [1.165, 1.54) is 6.42 Å². The topological polar surface area (TPSA) is 70.8 Å². The number of carbonyl (C=O) groups is 1. The summed E-state index contributed by atoms with van der Waals surface area (Å²) in [5, 5.41) is 0. The highest BCUT2D eigenvalue weighted by Crippen LogP contribution is 2.37. The molecule has 0 radical (unpaired) electrons. The first-order chi connectivity index (χ1) is 7.20. The Kier molecular flexibility index (Phi) is 3.11. The van der Waals surface area contributed by atoms with Gasteiger partial charge in [-0.25, -0.2) is 4.79 Å². The number of hydrogen-bond donors (Lipinski definition) is 1. The van der Waals surface area contributed by atoms with Crippen LogP contribution in [0.1, 0.15) is 32.1 Å². The SMILES string of the molecule is NC(=O)OCC1COC2(CCCCC2)O1. The van der Waals surface area contributed by atoms with Crippen molar-refractivity contribution in [3.63, 3.8) is 0 Å². The first-order valence-corrected chi connectivity index (χ1v) is 5.44. The largest absolute Gasteiger partial charge is 0.447 e. The van der Waals surface area contributed by atoms with Crippen LogP contribution < -0.4 is 5.73 Å². The summed E-state index contributed by atoms with van der Waals surface area (Å²) in [6.45, 7) is 0.685. The van der Waals surface area contributed by atoms with Crippen LogP contribution in [0.3, 0.4) is 0 Å². The second kappa shape index (κ2) is 4.37. The van der Waals surface area contributed by atoms with E-state index in [-0.39, 0.29) is 12.7 Å². The van der Waals surface area contributed by atoms with Crippen molar-refractivity contribution in [3.8, 4) is 0 Å². The zero-order valence-electron chi connectivity index (χ0n) is 8.74. The third kappa shape index (κ3) is 2.60. The first kappa shape index (κ1) is 10.7. The van der Waals surface area contributed by atoms with Crippen LogP contribution in [0.2, 0.25) is 0 Å². The Labute approximate surface area is 88.9 Å². The van der Waals surface area contributed by atoms with Crippen LogP contribution >= 0.6 is 0 Å². The minimum Gasteiger partial charge on any atom is -0.447 e. The fraction of sp³-hybridized carbons (Fsp3) is 0.900. The van der Waals surface area contributed by atoms with Crippen molar-refractivity contribution in [2.75, 3.05) is 13.2 Å². The van der Waals surface area contributed by atoms with Crippen molar-refractivity contribution in [2.24, 2.45) is 5.73 Å². The first-order valence-electron chi connectivity index (χ1n) is 5.44. The van der Waals surface area contributed by atoms with Gasteiger partial charge in [0.2, 0.25) is 0 Å². The molecule has 5 heteroatoms. The lowest BCUT2D eigenvalue weighted by Crippen LogP contribution is -2.34. The molecule has 0 aromatic carbocycles. The van der Waals surface area contributed by atoms with E-state index < -0.39 is 11.9 Å². The molecule has 1 saturated carbocycles. The van der Waals surface area contributed by atoms with Crippen LogP contribution in [0.5, 0.6) is 0 Å². The van der Waals surface area contributed by atoms with Gasteiger partial charge < -0.3 is 19.9 Å². The molecule has 1 unspecified atom stereocenters. The summed E-state index contributed by atoms with van der Waals surface area (Å²) >= 11 is 0. The second-order valence-electron chi connectivity index (χ2n) is 4.15. The van der Waals surface area contributed by atoms with Crippen molar-refractivity contribution in [1.29, 1.82) is 0 Å². The quantitative estimate of drug-likeness (QED) is 0.750. The monoisotopic (exact) mass is 215 g/mol. The van der Waals surface area contributed by atoms with E-state index in [0.717, 1.165) is 25.7 Å². The molecule has 0 aromatic rings. The molecule has 1 aliphatic heterocycles. The minimum absolute atomic E-state index is 0.157. The summed E-state index contributed by atoms with van der Waals surface area (Å²) in [4.78, 5) is 10.4. The number of primary amides is 1. The summed E-state index contributed by atoms with van der Waals surface area (Å²) in [5.74, 6) is -0.399. The Bertz CT molecular complexity index is 238. The smallest absolute Gasteiger partial charge is 0.404 e. The van der Waals surface area contributed by atoms with Gasteiger partial charge in [0.25, 0.3) is 0 Å². The van der Waals surface area contributed by atoms with Crippen molar-refractivity contribution in [3.05, 3.63) is 0 Å². The molecule has 2 aliphatic rings. The maximum Gasteiger partial charge on any atom is 0.404 e. The maximum atomic E-state index is 10.4. The van der Waals surface area contributed by atoms with Gasteiger partial charge in [0.05, 0.1) is 6.61 Å². The fourth-order valence-electron chi connectivity index (χ4n) is 2.23. The average Bonchev–Trinajstić information content (AvgIpc) is 2.60. The van der Waals surface area contributed by atoms with Gasteiger partial charge >= 0.3 is 6.09 Å². The molecule has 15 heavy (non-hydrogen) atoms. The standard InChI is InChI=1S/C10H17NO4/c11-9(12)13-6-8-7-14-10(15-8)4-2-1-3-5-10/h8H,1-7H2,(H2,11,12). The minimum atomic E-state index is -0.761. The average molecular weight is 215 g/mol. The molecule has 1 amide bonds. The second-order valence-corrected chi connectivity index (χ2v) is 4.15. The van der Waals surface area contributed by atoms with Crippen LogP contribution in [0.4, 0.5) is 4.79 Å². The third-order valence-electron chi connectivity index (χ3n) is 2.94. The van der Waals surface area contributed by atoms with Gasteiger partial charge in [0, 0.05) is 12.8 Å². The maximum absolute atomic E-state index is 10.4. The molecule has 86 valence electrons. The third-order valence-corrected chi connectivity index (χ3v) is 2.94. The Morgan fingerprint density at radius 1 is 1.40 bits per heavy atom. The van der Waals surface area contributed by atoms with E-state index >= 15 is 0 Å². The molecule has 1 atom stereocenters. The van der Waals surface area contributed by atoms with E-state index in [9.17, 15) is 4.79 Å². The molecule has 0 aromatic heterocycles. The van der Waals surface area contributed by atoms with Crippen molar-refractivity contribution >= 4 is 6.09 Å². The van der Waals surface area contributed by atoms with E-state index in [2.05, 4.69) is 0 Å². The van der Waals surface area contributed by atoms with Crippen molar-refractivity contribution in [1.82, 2.24) is 0 Å². The van der Waals surface area contributed by atoms with E-state index in [0.29, 0.717) is 6.61 Å². The zero-order chi connectivity index (χ0) is 10.7. The lowest BCUT2D eigenvalue weighted by molar-refractivity contribution is -0.189. The van der Waals surface area contributed by atoms with Crippen LogP contribution in [0, 0.1) is 0 Å². The molecular weight excluding hydrogens is 198 g/mol. The molecular formula is C10H17NO4. The van der Waals surface area contributed by atoms with Gasteiger partial charge in [-0.05, 0) is 12.8 Å². The van der Waals surface area contributed by atoms with Crippen LogP contribution in [0.25, 0.3) is 0 Å². The summed E-state index contributed by atoms with van der Waals surface area (Å²) in [6, 6.07) is 0. The number of ether oxygens (including phenoxy) is 3. The molecule has 2 N–H and O–H groups in total. The van der Waals surface area contributed by atoms with Crippen LogP contribution in [0.15, 0.2) is 0 Å².